The highest BCUT2D eigenvalue weighted by molar-refractivity contribution is 5.48. The molecule has 4 heteroatoms. The highest BCUT2D eigenvalue weighted by atomic mass is 16.7. The van der Waals surface area contributed by atoms with Crippen LogP contribution in [0.5, 0.6) is 11.5 Å². The SMILES string of the molecule is CC(N)(c1cccnc1)c1ccc2c(c1)OCO2. The fraction of sp³-hybridized carbons (Fsp3) is 0.214. The van der Waals surface area contributed by atoms with Crippen LogP contribution in [0.25, 0.3) is 0 Å². The predicted molar refractivity (Wildman–Crippen MR) is 67.4 cm³/mol. The quantitative estimate of drug-likeness (QED) is 0.875. The zero-order chi connectivity index (χ0) is 12.6. The molecule has 0 radical (unpaired) electrons. The molecule has 1 aromatic heterocycles. The molecule has 2 aromatic rings. The Labute approximate surface area is 105 Å². The maximum absolute atomic E-state index is 6.42. The second kappa shape index (κ2) is 3.99. The van der Waals surface area contributed by atoms with Crippen molar-refractivity contribution in [1.29, 1.82) is 0 Å². The van der Waals surface area contributed by atoms with Crippen molar-refractivity contribution in [3.8, 4) is 11.5 Å². The number of ether oxygens (including phenoxy) is 2. The van der Waals surface area contributed by atoms with Crippen molar-refractivity contribution in [2.45, 2.75) is 12.5 Å². The van der Waals surface area contributed by atoms with Crippen molar-refractivity contribution < 1.29 is 9.47 Å². The second-order valence-electron chi connectivity index (χ2n) is 4.51. The lowest BCUT2D eigenvalue weighted by atomic mass is 9.86. The summed E-state index contributed by atoms with van der Waals surface area (Å²) in [5.41, 5.74) is 7.75. The number of fused-ring (bicyclic) bond motifs is 1. The number of hydrogen-bond acceptors (Lipinski definition) is 4. The molecular formula is C14H14N2O2. The van der Waals surface area contributed by atoms with E-state index in [0.717, 1.165) is 22.6 Å². The van der Waals surface area contributed by atoms with Gasteiger partial charge in [-0.1, -0.05) is 12.1 Å². The van der Waals surface area contributed by atoms with Crippen molar-refractivity contribution in [2.24, 2.45) is 5.73 Å². The van der Waals surface area contributed by atoms with Crippen molar-refractivity contribution >= 4 is 0 Å². The van der Waals surface area contributed by atoms with Crippen LogP contribution in [-0.4, -0.2) is 11.8 Å². The number of rotatable bonds is 2. The summed E-state index contributed by atoms with van der Waals surface area (Å²) in [5.74, 6) is 1.51. The van der Waals surface area contributed by atoms with Crippen molar-refractivity contribution in [3.63, 3.8) is 0 Å². The molecule has 0 fully saturated rings. The molecule has 4 nitrogen and oxygen atoms in total. The van der Waals surface area contributed by atoms with Crippen LogP contribution < -0.4 is 15.2 Å². The molecule has 1 aliphatic heterocycles. The number of hydrogen-bond donors (Lipinski definition) is 1. The van der Waals surface area contributed by atoms with Gasteiger partial charge in [0.1, 0.15) is 0 Å². The first kappa shape index (κ1) is 11.0. The van der Waals surface area contributed by atoms with Crippen LogP contribution in [0.15, 0.2) is 42.7 Å². The zero-order valence-corrected chi connectivity index (χ0v) is 10.1. The van der Waals surface area contributed by atoms with Crippen LogP contribution in [0.2, 0.25) is 0 Å². The van der Waals surface area contributed by atoms with Crippen LogP contribution in [0.4, 0.5) is 0 Å². The average molecular weight is 242 g/mol. The van der Waals surface area contributed by atoms with E-state index in [1.165, 1.54) is 0 Å². The van der Waals surface area contributed by atoms with Gasteiger partial charge in [-0.15, -0.1) is 0 Å². The summed E-state index contributed by atoms with van der Waals surface area (Å²) in [7, 11) is 0. The highest BCUT2D eigenvalue weighted by Gasteiger charge is 2.26. The Bertz CT molecular complexity index is 567. The third kappa shape index (κ3) is 1.71. The predicted octanol–water partition coefficient (Wildman–Crippen LogP) is 2.03. The minimum Gasteiger partial charge on any atom is -0.454 e. The van der Waals surface area contributed by atoms with Crippen molar-refractivity contribution in [3.05, 3.63) is 53.9 Å². The smallest absolute Gasteiger partial charge is 0.231 e. The van der Waals surface area contributed by atoms with E-state index in [1.54, 1.807) is 12.4 Å². The Balaban J connectivity index is 2.04. The molecule has 1 unspecified atom stereocenters. The molecule has 0 spiro atoms. The van der Waals surface area contributed by atoms with E-state index in [0.29, 0.717) is 0 Å². The van der Waals surface area contributed by atoms with Crippen molar-refractivity contribution in [2.75, 3.05) is 6.79 Å². The maximum Gasteiger partial charge on any atom is 0.231 e. The zero-order valence-electron chi connectivity index (χ0n) is 10.1. The van der Waals surface area contributed by atoms with E-state index in [2.05, 4.69) is 4.98 Å². The lowest BCUT2D eigenvalue weighted by Gasteiger charge is -2.25. The van der Waals surface area contributed by atoms with E-state index in [4.69, 9.17) is 15.2 Å². The summed E-state index contributed by atoms with van der Waals surface area (Å²) in [6.07, 6.45) is 3.52. The van der Waals surface area contributed by atoms with E-state index < -0.39 is 5.54 Å². The van der Waals surface area contributed by atoms with Gasteiger partial charge in [0.25, 0.3) is 0 Å². The molecule has 0 aliphatic carbocycles. The van der Waals surface area contributed by atoms with Gasteiger partial charge in [0.15, 0.2) is 11.5 Å². The average Bonchev–Trinajstić information content (AvgIpc) is 2.87. The third-order valence-electron chi connectivity index (χ3n) is 3.23. The highest BCUT2D eigenvalue weighted by Crippen LogP contribution is 2.36. The molecule has 1 aromatic carbocycles. The maximum atomic E-state index is 6.42. The number of benzene rings is 1. The minimum atomic E-state index is -0.602. The Kier molecular flexibility index (Phi) is 2.45. The van der Waals surface area contributed by atoms with Gasteiger partial charge in [-0.25, -0.2) is 0 Å². The standard InChI is InChI=1S/C14H14N2O2/c1-14(15,11-3-2-6-16-8-11)10-4-5-12-13(7-10)18-9-17-12/h2-8H,9,15H2,1H3. The van der Waals surface area contributed by atoms with Gasteiger partial charge in [0.05, 0.1) is 5.54 Å². The Morgan fingerprint density at radius 1 is 1.17 bits per heavy atom. The monoisotopic (exact) mass is 242 g/mol. The fourth-order valence-corrected chi connectivity index (χ4v) is 2.06. The molecule has 18 heavy (non-hydrogen) atoms. The normalized spacial score (nSPS) is 16.3. The molecule has 92 valence electrons. The van der Waals surface area contributed by atoms with Gasteiger partial charge >= 0.3 is 0 Å². The van der Waals surface area contributed by atoms with Crippen molar-refractivity contribution in [1.82, 2.24) is 4.98 Å². The first-order chi connectivity index (χ1) is 8.68. The van der Waals surface area contributed by atoms with Crippen LogP contribution in [0.3, 0.4) is 0 Å². The summed E-state index contributed by atoms with van der Waals surface area (Å²) >= 11 is 0. The second-order valence-corrected chi connectivity index (χ2v) is 4.51. The number of nitrogens with two attached hydrogens (primary N) is 1. The molecule has 3 rings (SSSR count). The first-order valence-electron chi connectivity index (χ1n) is 5.77. The lowest BCUT2D eigenvalue weighted by molar-refractivity contribution is 0.174. The summed E-state index contributed by atoms with van der Waals surface area (Å²) in [6.45, 7) is 2.23. The van der Waals surface area contributed by atoms with Crippen LogP contribution in [0, 0.1) is 0 Å². The topological polar surface area (TPSA) is 57.4 Å². The van der Waals surface area contributed by atoms with Gasteiger partial charge in [-0.2, -0.15) is 0 Å². The number of nitrogens with zero attached hydrogens (tertiary/aromatic N) is 1. The minimum absolute atomic E-state index is 0.271. The molecule has 0 saturated carbocycles. The van der Waals surface area contributed by atoms with Gasteiger partial charge in [-0.05, 0) is 36.2 Å². The molecule has 0 amide bonds. The fourth-order valence-electron chi connectivity index (χ4n) is 2.06. The van der Waals surface area contributed by atoms with E-state index in [-0.39, 0.29) is 6.79 Å². The van der Waals surface area contributed by atoms with Crippen LogP contribution in [-0.2, 0) is 5.54 Å². The Hall–Kier alpha value is -2.07. The molecule has 1 aliphatic rings. The lowest BCUT2D eigenvalue weighted by Crippen LogP contribution is -2.34. The van der Waals surface area contributed by atoms with Crippen LogP contribution in [0.1, 0.15) is 18.1 Å². The van der Waals surface area contributed by atoms with E-state index >= 15 is 0 Å². The van der Waals surface area contributed by atoms with Gasteiger partial charge in [0, 0.05) is 12.4 Å². The first-order valence-corrected chi connectivity index (χ1v) is 5.77. The van der Waals surface area contributed by atoms with Crippen LogP contribution >= 0.6 is 0 Å². The number of aromatic nitrogens is 1. The third-order valence-corrected chi connectivity index (χ3v) is 3.23. The molecule has 2 heterocycles. The Morgan fingerprint density at radius 2 is 2.00 bits per heavy atom. The number of pyridine rings is 1. The molecule has 0 bridgehead atoms. The molecular weight excluding hydrogens is 228 g/mol. The summed E-state index contributed by atoms with van der Waals surface area (Å²) in [6, 6.07) is 9.62. The molecule has 2 N–H and O–H groups in total. The summed E-state index contributed by atoms with van der Waals surface area (Å²) < 4.78 is 10.7. The molecule has 1 atom stereocenters. The summed E-state index contributed by atoms with van der Waals surface area (Å²) in [4.78, 5) is 4.11. The largest absolute Gasteiger partial charge is 0.454 e. The van der Waals surface area contributed by atoms with Gasteiger partial charge < -0.3 is 15.2 Å². The van der Waals surface area contributed by atoms with E-state index in [1.807, 2.05) is 37.3 Å². The van der Waals surface area contributed by atoms with Gasteiger partial charge in [-0.3, -0.25) is 4.98 Å². The summed E-state index contributed by atoms with van der Waals surface area (Å²) in [5, 5.41) is 0. The molecule has 0 saturated heterocycles. The Morgan fingerprint density at radius 3 is 2.78 bits per heavy atom. The van der Waals surface area contributed by atoms with E-state index in [9.17, 15) is 0 Å². The van der Waals surface area contributed by atoms with Gasteiger partial charge in [0.2, 0.25) is 6.79 Å².